The van der Waals surface area contributed by atoms with Crippen molar-refractivity contribution in [3.63, 3.8) is 0 Å². The van der Waals surface area contributed by atoms with Crippen LogP contribution in [0.2, 0.25) is 0 Å². The first kappa shape index (κ1) is 20.4. The number of aryl methyl sites for hydroxylation is 2. The quantitative estimate of drug-likeness (QED) is 0.687. The van der Waals surface area contributed by atoms with Crippen molar-refractivity contribution < 1.29 is 27.8 Å². The Morgan fingerprint density at radius 3 is 2.37 bits per heavy atom. The van der Waals surface area contributed by atoms with Crippen molar-refractivity contribution in [2.45, 2.75) is 33.3 Å². The molecule has 2 aromatic carbocycles. The van der Waals surface area contributed by atoms with Gasteiger partial charge in [0, 0.05) is 30.2 Å². The van der Waals surface area contributed by atoms with Gasteiger partial charge in [0.2, 0.25) is 5.91 Å². The number of carbonyl (C=O) groups is 2. The summed E-state index contributed by atoms with van der Waals surface area (Å²) in [6, 6.07) is 9.55. The highest BCUT2D eigenvalue weighted by Gasteiger charge is 2.14. The number of halogens is 2. The molecule has 1 N–H and O–H groups in total. The number of alkyl halides is 2. The molecule has 0 aliphatic carbocycles. The summed E-state index contributed by atoms with van der Waals surface area (Å²) >= 11 is 0. The van der Waals surface area contributed by atoms with Gasteiger partial charge in [-0.25, -0.2) is 0 Å². The van der Waals surface area contributed by atoms with E-state index >= 15 is 0 Å². The van der Waals surface area contributed by atoms with E-state index in [0.717, 1.165) is 11.1 Å². The molecule has 0 saturated heterocycles. The van der Waals surface area contributed by atoms with E-state index < -0.39 is 12.5 Å². The van der Waals surface area contributed by atoms with Crippen LogP contribution >= 0.6 is 0 Å². The third kappa shape index (κ3) is 5.77. The highest BCUT2D eigenvalue weighted by atomic mass is 19.3. The molecule has 0 radical (unpaired) electrons. The highest BCUT2D eigenvalue weighted by molar-refractivity contribution is 6.00. The zero-order valence-corrected chi connectivity index (χ0v) is 15.3. The van der Waals surface area contributed by atoms with Crippen LogP contribution in [0.1, 0.15) is 34.3 Å². The van der Waals surface area contributed by atoms with Crippen LogP contribution in [0.3, 0.4) is 0 Å². The number of ether oxygens (including phenoxy) is 2. The Labute approximate surface area is 156 Å². The molecular weight excluding hydrogens is 356 g/mol. The smallest absolute Gasteiger partial charge is 0.387 e. The van der Waals surface area contributed by atoms with Gasteiger partial charge < -0.3 is 14.8 Å². The predicted molar refractivity (Wildman–Crippen MR) is 97.7 cm³/mol. The summed E-state index contributed by atoms with van der Waals surface area (Å²) in [5.41, 5.74) is 2.93. The summed E-state index contributed by atoms with van der Waals surface area (Å²) < 4.78 is 34.2. The number of anilines is 1. The lowest BCUT2D eigenvalue weighted by molar-refractivity contribution is -0.116. The Bertz CT molecular complexity index is 837. The fraction of sp³-hybridized carbons (Fsp3) is 0.300. The number of Topliss-reactive ketones (excluding diaryl/α,β-unsaturated/α-hetero) is 1. The van der Waals surface area contributed by atoms with Gasteiger partial charge in [-0.3, -0.25) is 9.59 Å². The Morgan fingerprint density at radius 2 is 1.74 bits per heavy atom. The first-order valence-corrected chi connectivity index (χ1v) is 8.33. The molecule has 0 bridgehead atoms. The van der Waals surface area contributed by atoms with Crippen LogP contribution in [0.15, 0.2) is 36.4 Å². The number of ketones is 1. The number of hydrogen-bond acceptors (Lipinski definition) is 4. The average molecular weight is 377 g/mol. The highest BCUT2D eigenvalue weighted by Crippen LogP contribution is 2.31. The number of hydrogen-bond donors (Lipinski definition) is 1. The minimum atomic E-state index is -3.01. The van der Waals surface area contributed by atoms with Gasteiger partial charge in [0.05, 0.1) is 7.11 Å². The van der Waals surface area contributed by atoms with Gasteiger partial charge in [-0.2, -0.15) is 8.78 Å². The lowest BCUT2D eigenvalue weighted by Crippen LogP contribution is -2.14. The predicted octanol–water partition coefficient (Wildman–Crippen LogP) is 4.52. The van der Waals surface area contributed by atoms with Crippen molar-refractivity contribution in [2.24, 2.45) is 0 Å². The van der Waals surface area contributed by atoms with Gasteiger partial charge in [0.1, 0.15) is 0 Å². The van der Waals surface area contributed by atoms with Crippen molar-refractivity contribution >= 4 is 17.4 Å². The van der Waals surface area contributed by atoms with Gasteiger partial charge >= 0.3 is 6.61 Å². The second-order valence-electron chi connectivity index (χ2n) is 6.01. The molecule has 1 amide bonds. The third-order valence-electron chi connectivity index (χ3n) is 4.07. The van der Waals surface area contributed by atoms with E-state index in [9.17, 15) is 18.4 Å². The van der Waals surface area contributed by atoms with E-state index in [1.54, 1.807) is 12.1 Å². The molecule has 7 heteroatoms. The topological polar surface area (TPSA) is 64.6 Å². The summed E-state index contributed by atoms with van der Waals surface area (Å²) in [5, 5.41) is 2.56. The van der Waals surface area contributed by atoms with Crippen molar-refractivity contribution in [2.75, 3.05) is 12.4 Å². The largest absolute Gasteiger partial charge is 0.493 e. The minimum absolute atomic E-state index is 0.0250. The Hall–Kier alpha value is -2.96. The molecule has 144 valence electrons. The molecular formula is C20H21F2NO4. The van der Waals surface area contributed by atoms with E-state index in [1.807, 2.05) is 19.9 Å². The van der Waals surface area contributed by atoms with Gasteiger partial charge in [0.15, 0.2) is 17.3 Å². The van der Waals surface area contributed by atoms with Crippen LogP contribution in [0, 0.1) is 13.8 Å². The molecule has 0 spiro atoms. The molecule has 0 unspecified atom stereocenters. The SMILES string of the molecule is COc1ccc(NC(=O)CCC(=O)c2ccc(C)c(C)c2)cc1OC(F)F. The zero-order valence-electron chi connectivity index (χ0n) is 15.3. The Balaban J connectivity index is 1.97. The first-order chi connectivity index (χ1) is 12.8. The summed E-state index contributed by atoms with van der Waals surface area (Å²) in [6.07, 6.45) is 0.0215. The minimum Gasteiger partial charge on any atom is -0.493 e. The van der Waals surface area contributed by atoms with E-state index in [-0.39, 0.29) is 35.8 Å². The average Bonchev–Trinajstić information content (AvgIpc) is 2.61. The number of benzene rings is 2. The maximum Gasteiger partial charge on any atom is 0.387 e. The fourth-order valence-electron chi connectivity index (χ4n) is 2.45. The summed E-state index contributed by atoms with van der Waals surface area (Å²) in [7, 11) is 1.32. The molecule has 27 heavy (non-hydrogen) atoms. The molecule has 0 saturated carbocycles. The molecule has 2 rings (SSSR count). The van der Waals surface area contributed by atoms with Gasteiger partial charge in [-0.15, -0.1) is 0 Å². The second kappa shape index (κ2) is 9.12. The molecule has 5 nitrogen and oxygen atoms in total. The van der Waals surface area contributed by atoms with Crippen LogP contribution in [0.5, 0.6) is 11.5 Å². The van der Waals surface area contributed by atoms with E-state index in [2.05, 4.69) is 10.1 Å². The maximum atomic E-state index is 12.5. The van der Waals surface area contributed by atoms with Crippen molar-refractivity contribution in [3.05, 3.63) is 53.1 Å². The summed E-state index contributed by atoms with van der Waals surface area (Å²) in [4.78, 5) is 24.3. The molecule has 0 fully saturated rings. The number of amides is 1. The summed E-state index contributed by atoms with van der Waals surface area (Å²) in [6.45, 7) is 0.861. The number of rotatable bonds is 8. The fourth-order valence-corrected chi connectivity index (χ4v) is 2.45. The molecule has 0 aliphatic heterocycles. The second-order valence-corrected chi connectivity index (χ2v) is 6.01. The van der Waals surface area contributed by atoms with Crippen molar-refractivity contribution in [3.8, 4) is 11.5 Å². The maximum absolute atomic E-state index is 12.5. The standard InChI is InChI=1S/C20H21F2NO4/c1-12-4-5-14(10-13(12)2)16(24)7-9-19(25)23-15-6-8-17(26-3)18(11-15)27-20(21)22/h4-6,8,10-11,20H,7,9H2,1-3H3,(H,23,25). The van der Waals surface area contributed by atoms with Crippen LogP contribution in [-0.4, -0.2) is 25.4 Å². The number of carbonyl (C=O) groups excluding carboxylic acids is 2. The lowest BCUT2D eigenvalue weighted by Gasteiger charge is -2.12. The van der Waals surface area contributed by atoms with Crippen LogP contribution < -0.4 is 14.8 Å². The lowest BCUT2D eigenvalue weighted by atomic mass is 10.0. The first-order valence-electron chi connectivity index (χ1n) is 8.33. The van der Waals surface area contributed by atoms with Gasteiger partial charge in [-0.1, -0.05) is 12.1 Å². The summed E-state index contributed by atoms with van der Waals surface area (Å²) in [5.74, 6) is -0.597. The third-order valence-corrected chi connectivity index (χ3v) is 4.07. The van der Waals surface area contributed by atoms with E-state index in [0.29, 0.717) is 5.56 Å². The van der Waals surface area contributed by atoms with Crippen molar-refractivity contribution in [1.82, 2.24) is 0 Å². The van der Waals surface area contributed by atoms with Gasteiger partial charge in [0.25, 0.3) is 0 Å². The molecule has 0 heterocycles. The Morgan fingerprint density at radius 1 is 1.00 bits per heavy atom. The van der Waals surface area contributed by atoms with E-state index in [1.165, 1.54) is 25.3 Å². The van der Waals surface area contributed by atoms with Crippen LogP contribution in [0.25, 0.3) is 0 Å². The molecule has 0 aromatic heterocycles. The van der Waals surface area contributed by atoms with Gasteiger partial charge in [-0.05, 0) is 43.2 Å². The number of nitrogens with one attached hydrogen (secondary N) is 1. The molecule has 0 atom stereocenters. The Kier molecular flexibility index (Phi) is 6.87. The van der Waals surface area contributed by atoms with E-state index in [4.69, 9.17) is 4.74 Å². The zero-order chi connectivity index (χ0) is 20.0. The monoisotopic (exact) mass is 377 g/mol. The van der Waals surface area contributed by atoms with Crippen molar-refractivity contribution in [1.29, 1.82) is 0 Å². The van der Waals surface area contributed by atoms with Crippen LogP contribution in [-0.2, 0) is 4.79 Å². The molecule has 0 aliphatic rings. The van der Waals surface area contributed by atoms with Crippen LogP contribution in [0.4, 0.5) is 14.5 Å². The normalized spacial score (nSPS) is 10.6. The molecule has 2 aromatic rings. The number of methoxy groups -OCH3 is 1.